The number of benzene rings is 6. The van der Waals surface area contributed by atoms with Crippen molar-refractivity contribution in [1.82, 2.24) is 0 Å². The third-order valence-electron chi connectivity index (χ3n) is 10.3. The van der Waals surface area contributed by atoms with Crippen LogP contribution in [0.3, 0.4) is 0 Å². The summed E-state index contributed by atoms with van der Waals surface area (Å²) in [7, 11) is 0. The van der Waals surface area contributed by atoms with Crippen LogP contribution >= 0.6 is 0 Å². The monoisotopic (exact) mass is 752 g/mol. The second kappa shape index (κ2) is 14.6. The fourth-order valence-corrected chi connectivity index (χ4v) is 7.50. The van der Waals surface area contributed by atoms with Gasteiger partial charge in [0.2, 0.25) is 11.6 Å². The predicted molar refractivity (Wildman–Crippen MR) is 200 cm³/mol. The summed E-state index contributed by atoms with van der Waals surface area (Å²) in [4.78, 5) is 26.2. The standard InChI is InChI=1S/C46H34F2O8/c47-35-21-17-33(18-22-35)45(34-19-23-36(48)24-20-34)51-25-37(26-52-45)55-43(49)31-13-9-29(10-14-31)30-11-15-32(16-12-30)44(50)56-38-27-53-46(54-28-38)41-7-3-1-5-39(41)40-6-2-4-8-42(40)46/h1-24,37-38H,25-28H2. The highest BCUT2D eigenvalue weighted by Gasteiger charge is 2.49. The summed E-state index contributed by atoms with van der Waals surface area (Å²) in [6.45, 7) is 0.319. The number of ether oxygens (including phenoxy) is 6. The summed E-state index contributed by atoms with van der Waals surface area (Å²) in [5, 5.41) is 0. The number of hydrogen-bond donors (Lipinski definition) is 0. The van der Waals surface area contributed by atoms with Crippen molar-refractivity contribution in [1.29, 1.82) is 0 Å². The number of carbonyl (C=O) groups excluding carboxylic acids is 2. The van der Waals surface area contributed by atoms with E-state index in [9.17, 15) is 18.4 Å². The van der Waals surface area contributed by atoms with Crippen molar-refractivity contribution < 1.29 is 46.8 Å². The van der Waals surface area contributed by atoms with Crippen LogP contribution < -0.4 is 0 Å². The summed E-state index contributed by atoms with van der Waals surface area (Å²) in [5.41, 5.74) is 7.40. The number of hydrogen-bond acceptors (Lipinski definition) is 8. The summed E-state index contributed by atoms with van der Waals surface area (Å²) < 4.78 is 64.0. The average molecular weight is 753 g/mol. The van der Waals surface area contributed by atoms with E-state index in [0.29, 0.717) is 22.3 Å². The van der Waals surface area contributed by atoms with Gasteiger partial charge in [-0.2, -0.15) is 0 Å². The van der Waals surface area contributed by atoms with Gasteiger partial charge in [0.15, 0.2) is 0 Å². The molecule has 2 aliphatic heterocycles. The molecule has 2 fully saturated rings. The first-order chi connectivity index (χ1) is 27.3. The van der Waals surface area contributed by atoms with Gasteiger partial charge in [0, 0.05) is 22.3 Å². The largest absolute Gasteiger partial charge is 0.454 e. The van der Waals surface area contributed by atoms with Gasteiger partial charge in [-0.1, -0.05) is 97.1 Å². The third-order valence-corrected chi connectivity index (χ3v) is 10.3. The Hall–Kier alpha value is -6.04. The lowest BCUT2D eigenvalue weighted by atomic mass is 9.96. The van der Waals surface area contributed by atoms with Crippen LogP contribution in [0.4, 0.5) is 8.78 Å². The van der Waals surface area contributed by atoms with Gasteiger partial charge >= 0.3 is 11.9 Å². The number of carbonyl (C=O) groups is 2. The van der Waals surface area contributed by atoms with Gasteiger partial charge in [0.25, 0.3) is 0 Å². The number of rotatable bonds is 7. The van der Waals surface area contributed by atoms with Crippen LogP contribution in [0.2, 0.25) is 0 Å². The highest BCUT2D eigenvalue weighted by atomic mass is 19.1. The van der Waals surface area contributed by atoms with Gasteiger partial charge in [0.1, 0.15) is 23.8 Å². The molecule has 0 bridgehead atoms. The lowest BCUT2D eigenvalue weighted by Crippen LogP contribution is -2.46. The van der Waals surface area contributed by atoms with Crippen LogP contribution in [0.15, 0.2) is 146 Å². The number of fused-ring (bicyclic) bond motifs is 5. The zero-order chi connectivity index (χ0) is 38.3. The maximum Gasteiger partial charge on any atom is 0.338 e. The molecule has 2 saturated heterocycles. The second-order valence-electron chi connectivity index (χ2n) is 13.8. The molecule has 9 rings (SSSR count). The Bertz CT molecular complexity index is 2280. The molecule has 10 heteroatoms. The van der Waals surface area contributed by atoms with Crippen molar-refractivity contribution in [2.75, 3.05) is 26.4 Å². The van der Waals surface area contributed by atoms with E-state index in [2.05, 4.69) is 12.1 Å². The van der Waals surface area contributed by atoms with Crippen molar-refractivity contribution in [3.05, 3.63) is 191 Å². The molecule has 1 spiro atoms. The molecule has 1 aliphatic carbocycles. The van der Waals surface area contributed by atoms with Crippen LogP contribution in [0.5, 0.6) is 0 Å². The van der Waals surface area contributed by atoms with Gasteiger partial charge in [-0.3, -0.25) is 0 Å². The maximum absolute atomic E-state index is 13.7. The molecule has 6 aromatic carbocycles. The minimum atomic E-state index is -1.43. The molecule has 0 radical (unpaired) electrons. The Morgan fingerprint density at radius 1 is 0.464 bits per heavy atom. The van der Waals surface area contributed by atoms with E-state index in [1.54, 1.807) is 36.4 Å². The second-order valence-corrected chi connectivity index (χ2v) is 13.8. The Morgan fingerprint density at radius 2 is 0.821 bits per heavy atom. The maximum atomic E-state index is 13.7. The first-order valence-corrected chi connectivity index (χ1v) is 18.2. The normalized spacial score (nSPS) is 18.1. The molecule has 0 atom stereocenters. The van der Waals surface area contributed by atoms with E-state index in [-0.39, 0.29) is 26.4 Å². The summed E-state index contributed by atoms with van der Waals surface area (Å²) in [6.07, 6.45) is -1.31. The molecule has 0 N–H and O–H groups in total. The molecule has 0 amide bonds. The average Bonchev–Trinajstić information content (AvgIpc) is 3.51. The Kier molecular flexibility index (Phi) is 9.27. The van der Waals surface area contributed by atoms with Crippen LogP contribution in [0.1, 0.15) is 43.0 Å². The van der Waals surface area contributed by atoms with Gasteiger partial charge < -0.3 is 28.4 Å². The van der Waals surface area contributed by atoms with E-state index in [0.717, 1.165) is 33.4 Å². The van der Waals surface area contributed by atoms with Crippen LogP contribution in [0, 0.1) is 11.6 Å². The zero-order valence-electron chi connectivity index (χ0n) is 29.9. The summed E-state index contributed by atoms with van der Waals surface area (Å²) in [5.74, 6) is -4.37. The fraction of sp³-hybridized carbons (Fsp3) is 0.174. The quantitative estimate of drug-likeness (QED) is 0.150. The third kappa shape index (κ3) is 6.46. The highest BCUT2D eigenvalue weighted by Crippen LogP contribution is 2.51. The Labute approximate surface area is 321 Å². The van der Waals surface area contributed by atoms with Crippen molar-refractivity contribution in [3.63, 3.8) is 0 Å². The first kappa shape index (κ1) is 35.6. The molecular weight excluding hydrogens is 718 g/mol. The van der Waals surface area contributed by atoms with Crippen molar-refractivity contribution in [2.24, 2.45) is 0 Å². The fourth-order valence-electron chi connectivity index (χ4n) is 7.50. The van der Waals surface area contributed by atoms with Gasteiger partial charge in [-0.15, -0.1) is 0 Å². The van der Waals surface area contributed by atoms with E-state index >= 15 is 0 Å². The van der Waals surface area contributed by atoms with E-state index in [1.807, 2.05) is 48.5 Å². The van der Waals surface area contributed by atoms with Gasteiger partial charge in [0.05, 0.1) is 37.6 Å². The molecule has 0 saturated carbocycles. The molecule has 6 aromatic rings. The predicted octanol–water partition coefficient (Wildman–Crippen LogP) is 8.56. The van der Waals surface area contributed by atoms with Gasteiger partial charge in [-0.25, -0.2) is 18.4 Å². The molecule has 0 aromatic heterocycles. The minimum absolute atomic E-state index is 0.0159. The van der Waals surface area contributed by atoms with Crippen LogP contribution in [0.25, 0.3) is 22.3 Å². The van der Waals surface area contributed by atoms with Crippen LogP contribution in [-0.2, 0) is 40.0 Å². The number of halogens is 2. The molecule has 56 heavy (non-hydrogen) atoms. The SMILES string of the molecule is O=C(OC1COC(c2ccc(F)cc2)(c2ccc(F)cc2)OC1)c1ccc(-c2ccc(C(=O)OC3COC4(OC3)c3ccccc3-c3ccccc34)cc2)cc1. The summed E-state index contributed by atoms with van der Waals surface area (Å²) >= 11 is 0. The molecule has 3 aliphatic rings. The molecular formula is C46H34F2O8. The first-order valence-electron chi connectivity index (χ1n) is 18.2. The molecule has 280 valence electrons. The van der Waals surface area contributed by atoms with Crippen LogP contribution in [-0.4, -0.2) is 50.6 Å². The minimum Gasteiger partial charge on any atom is -0.454 e. The Morgan fingerprint density at radius 3 is 1.21 bits per heavy atom. The zero-order valence-corrected chi connectivity index (χ0v) is 29.9. The van der Waals surface area contributed by atoms with E-state index < -0.39 is 47.4 Å². The summed E-state index contributed by atoms with van der Waals surface area (Å²) in [6, 6.07) is 41.2. The van der Waals surface area contributed by atoms with Crippen molar-refractivity contribution in [2.45, 2.75) is 23.8 Å². The van der Waals surface area contributed by atoms with E-state index in [4.69, 9.17) is 28.4 Å². The van der Waals surface area contributed by atoms with E-state index in [1.165, 1.54) is 48.5 Å². The lowest BCUT2D eigenvalue weighted by Gasteiger charge is -2.40. The molecule has 2 heterocycles. The highest BCUT2D eigenvalue weighted by molar-refractivity contribution is 5.91. The van der Waals surface area contributed by atoms with Gasteiger partial charge in [-0.05, 0) is 70.8 Å². The van der Waals surface area contributed by atoms with Crippen molar-refractivity contribution in [3.8, 4) is 22.3 Å². The lowest BCUT2D eigenvalue weighted by molar-refractivity contribution is -0.277. The molecule has 0 unspecified atom stereocenters. The number of esters is 2. The topological polar surface area (TPSA) is 89.5 Å². The Balaban J connectivity index is 0.799. The van der Waals surface area contributed by atoms with Crippen molar-refractivity contribution >= 4 is 11.9 Å². The smallest absolute Gasteiger partial charge is 0.338 e. The molecule has 8 nitrogen and oxygen atoms in total.